The third kappa shape index (κ3) is 2.82. The van der Waals surface area contributed by atoms with Gasteiger partial charge in [-0.05, 0) is 17.5 Å². The minimum atomic E-state index is 0.188. The Morgan fingerprint density at radius 1 is 0.955 bits per heavy atom. The zero-order valence-corrected chi connectivity index (χ0v) is 12.4. The van der Waals surface area contributed by atoms with Crippen molar-refractivity contribution in [2.24, 2.45) is 0 Å². The van der Waals surface area contributed by atoms with Gasteiger partial charge in [0.25, 0.3) is 0 Å². The lowest BCUT2D eigenvalue weighted by Crippen LogP contribution is -2.07. The van der Waals surface area contributed by atoms with Gasteiger partial charge in [-0.3, -0.25) is 0 Å². The van der Waals surface area contributed by atoms with Crippen LogP contribution in [0.1, 0.15) is 0 Å². The molecule has 2 saturated heterocycles. The quantitative estimate of drug-likeness (QED) is 0.735. The van der Waals surface area contributed by atoms with Crippen molar-refractivity contribution in [1.29, 1.82) is 0 Å². The van der Waals surface area contributed by atoms with Gasteiger partial charge in [0.1, 0.15) is 31.2 Å². The molecule has 2 aromatic carbocycles. The molecule has 22 heavy (non-hydrogen) atoms. The second-order valence-corrected chi connectivity index (χ2v) is 5.48. The average Bonchev–Trinajstić information content (AvgIpc) is 3.45. The molecule has 116 valence electrons. The summed E-state index contributed by atoms with van der Waals surface area (Å²) in [5.74, 6) is 2.20. The highest BCUT2D eigenvalue weighted by Crippen LogP contribution is 2.41. The summed E-state index contributed by atoms with van der Waals surface area (Å²) in [6.45, 7) is 2.61. The van der Waals surface area contributed by atoms with Gasteiger partial charge in [0.2, 0.25) is 0 Å². The summed E-state index contributed by atoms with van der Waals surface area (Å²) in [5.41, 5.74) is 0. The van der Waals surface area contributed by atoms with Crippen LogP contribution in [0, 0.1) is 0 Å². The van der Waals surface area contributed by atoms with Crippen LogP contribution in [0.2, 0.25) is 0 Å². The number of methoxy groups -OCH3 is 1. The Kier molecular flexibility index (Phi) is 3.52. The molecule has 0 saturated carbocycles. The third-order valence-corrected chi connectivity index (χ3v) is 3.79. The molecule has 0 bridgehead atoms. The molecule has 5 nitrogen and oxygen atoms in total. The molecule has 2 aliphatic rings. The molecule has 0 radical (unpaired) electrons. The molecule has 2 aromatic rings. The summed E-state index contributed by atoms with van der Waals surface area (Å²) in [6, 6.07) is 9.89. The fourth-order valence-corrected chi connectivity index (χ4v) is 2.41. The lowest BCUT2D eigenvalue weighted by atomic mass is 10.1. The molecule has 5 heteroatoms. The van der Waals surface area contributed by atoms with E-state index in [1.54, 1.807) is 7.11 Å². The van der Waals surface area contributed by atoms with Gasteiger partial charge in [0, 0.05) is 0 Å². The van der Waals surface area contributed by atoms with E-state index in [1.807, 2.05) is 30.3 Å². The molecule has 0 amide bonds. The Morgan fingerprint density at radius 2 is 1.68 bits per heavy atom. The van der Waals surface area contributed by atoms with Gasteiger partial charge in [-0.2, -0.15) is 0 Å². The zero-order chi connectivity index (χ0) is 14.9. The Bertz CT molecular complexity index is 676. The van der Waals surface area contributed by atoms with Crippen molar-refractivity contribution >= 4 is 10.8 Å². The first-order valence-corrected chi connectivity index (χ1v) is 7.43. The summed E-state index contributed by atoms with van der Waals surface area (Å²) >= 11 is 0. The van der Waals surface area contributed by atoms with Crippen molar-refractivity contribution in [3.63, 3.8) is 0 Å². The average molecular weight is 302 g/mol. The zero-order valence-electron chi connectivity index (χ0n) is 12.4. The van der Waals surface area contributed by atoms with Gasteiger partial charge < -0.3 is 23.7 Å². The Hall–Kier alpha value is -1.98. The molecule has 2 atom stereocenters. The van der Waals surface area contributed by atoms with Crippen LogP contribution in [0.3, 0.4) is 0 Å². The van der Waals surface area contributed by atoms with E-state index in [0.29, 0.717) is 24.7 Å². The maximum Gasteiger partial charge on any atom is 0.172 e. The topological polar surface area (TPSA) is 52.8 Å². The SMILES string of the molecule is COc1ccc2cccc(OCC3CO3)c2c1OCC1CO1. The van der Waals surface area contributed by atoms with E-state index < -0.39 is 0 Å². The van der Waals surface area contributed by atoms with Crippen LogP contribution in [0.15, 0.2) is 30.3 Å². The summed E-state index contributed by atoms with van der Waals surface area (Å²) in [5, 5.41) is 1.99. The normalized spacial score (nSPS) is 22.4. The standard InChI is InChI=1S/C17H18O5/c1-18-15-6-5-11-3-2-4-14(21-9-12-7-19-12)16(11)17(15)22-10-13-8-20-13/h2-6,12-13H,7-10H2,1H3. The van der Waals surface area contributed by atoms with Crippen LogP contribution in [-0.2, 0) is 9.47 Å². The monoisotopic (exact) mass is 302 g/mol. The second kappa shape index (κ2) is 5.66. The molecule has 0 spiro atoms. The molecule has 2 fully saturated rings. The molecular weight excluding hydrogens is 284 g/mol. The molecule has 0 aromatic heterocycles. The van der Waals surface area contributed by atoms with E-state index >= 15 is 0 Å². The van der Waals surface area contributed by atoms with E-state index in [0.717, 1.165) is 29.7 Å². The van der Waals surface area contributed by atoms with E-state index in [1.165, 1.54) is 0 Å². The maximum atomic E-state index is 5.97. The van der Waals surface area contributed by atoms with Crippen LogP contribution in [-0.4, -0.2) is 45.7 Å². The maximum absolute atomic E-state index is 5.97. The van der Waals surface area contributed by atoms with Gasteiger partial charge in [0.05, 0.1) is 25.7 Å². The van der Waals surface area contributed by atoms with Crippen molar-refractivity contribution in [3.05, 3.63) is 30.3 Å². The van der Waals surface area contributed by atoms with Crippen molar-refractivity contribution in [2.75, 3.05) is 33.5 Å². The highest BCUT2D eigenvalue weighted by Gasteiger charge is 2.26. The summed E-state index contributed by atoms with van der Waals surface area (Å²) in [4.78, 5) is 0. The third-order valence-electron chi connectivity index (χ3n) is 3.79. The van der Waals surface area contributed by atoms with Gasteiger partial charge in [-0.15, -0.1) is 0 Å². The number of ether oxygens (including phenoxy) is 5. The van der Waals surface area contributed by atoms with Crippen LogP contribution in [0.4, 0.5) is 0 Å². The molecule has 0 N–H and O–H groups in total. The Labute approximate surface area is 128 Å². The van der Waals surface area contributed by atoms with Crippen LogP contribution < -0.4 is 14.2 Å². The van der Waals surface area contributed by atoms with Crippen LogP contribution >= 0.6 is 0 Å². The predicted octanol–water partition coefficient (Wildman–Crippen LogP) is 2.40. The number of hydrogen-bond donors (Lipinski definition) is 0. The molecule has 4 rings (SSSR count). The van der Waals surface area contributed by atoms with Gasteiger partial charge in [0.15, 0.2) is 11.5 Å². The van der Waals surface area contributed by atoms with E-state index in [-0.39, 0.29) is 12.2 Å². The largest absolute Gasteiger partial charge is 0.493 e. The summed E-state index contributed by atoms with van der Waals surface area (Å²) < 4.78 is 27.8. The van der Waals surface area contributed by atoms with E-state index in [2.05, 4.69) is 0 Å². The lowest BCUT2D eigenvalue weighted by Gasteiger charge is -2.16. The summed E-state index contributed by atoms with van der Waals surface area (Å²) in [7, 11) is 1.64. The predicted molar refractivity (Wildman–Crippen MR) is 81.0 cm³/mol. The summed E-state index contributed by atoms with van der Waals surface area (Å²) in [6.07, 6.45) is 0.401. The molecule has 2 heterocycles. The number of hydrogen-bond acceptors (Lipinski definition) is 5. The second-order valence-electron chi connectivity index (χ2n) is 5.48. The van der Waals surface area contributed by atoms with Crippen molar-refractivity contribution in [1.82, 2.24) is 0 Å². The number of rotatable bonds is 7. The van der Waals surface area contributed by atoms with Gasteiger partial charge in [-0.25, -0.2) is 0 Å². The van der Waals surface area contributed by atoms with Gasteiger partial charge in [-0.1, -0.05) is 18.2 Å². The first kappa shape index (κ1) is 13.7. The number of benzene rings is 2. The van der Waals surface area contributed by atoms with E-state index in [4.69, 9.17) is 23.7 Å². The number of fused-ring (bicyclic) bond motifs is 1. The first-order valence-electron chi connectivity index (χ1n) is 7.43. The number of epoxide rings is 2. The molecule has 2 aliphatic heterocycles. The molecule has 0 aliphatic carbocycles. The minimum absolute atomic E-state index is 0.188. The minimum Gasteiger partial charge on any atom is -0.493 e. The fourth-order valence-electron chi connectivity index (χ4n) is 2.41. The van der Waals surface area contributed by atoms with Crippen molar-refractivity contribution in [2.45, 2.75) is 12.2 Å². The van der Waals surface area contributed by atoms with Crippen molar-refractivity contribution < 1.29 is 23.7 Å². The molecular formula is C17H18O5. The lowest BCUT2D eigenvalue weighted by molar-refractivity contribution is 0.250. The Balaban J connectivity index is 1.72. The molecule has 2 unspecified atom stereocenters. The van der Waals surface area contributed by atoms with Crippen LogP contribution in [0.5, 0.6) is 17.2 Å². The van der Waals surface area contributed by atoms with Gasteiger partial charge >= 0.3 is 0 Å². The smallest absolute Gasteiger partial charge is 0.172 e. The Morgan fingerprint density at radius 3 is 2.36 bits per heavy atom. The highest BCUT2D eigenvalue weighted by atomic mass is 16.6. The van der Waals surface area contributed by atoms with Crippen molar-refractivity contribution in [3.8, 4) is 17.2 Å². The highest BCUT2D eigenvalue weighted by molar-refractivity contribution is 5.95. The van der Waals surface area contributed by atoms with Crippen LogP contribution in [0.25, 0.3) is 10.8 Å². The first-order chi connectivity index (χ1) is 10.8. The fraction of sp³-hybridized carbons (Fsp3) is 0.412. The van der Waals surface area contributed by atoms with E-state index in [9.17, 15) is 0 Å².